The summed E-state index contributed by atoms with van der Waals surface area (Å²) in [6.07, 6.45) is 0. The number of anilines is 1. The Hall–Kier alpha value is -4.62. The van der Waals surface area contributed by atoms with Crippen LogP contribution in [0, 0.1) is 66.9 Å². The summed E-state index contributed by atoms with van der Waals surface area (Å²) in [4.78, 5) is 23.6. The zero-order valence-corrected chi connectivity index (χ0v) is 21.1. The Labute approximate surface area is 218 Å². The minimum absolute atomic E-state index is 0.0579. The third kappa shape index (κ3) is 4.96. The second-order valence-corrected chi connectivity index (χ2v) is 8.84. The number of nitrogens with one attached hydrogen (secondary N) is 1. The highest BCUT2D eigenvalue weighted by Gasteiger charge is 2.27. The van der Waals surface area contributed by atoms with Crippen LogP contribution in [0.1, 0.15) is 44.3 Å². The molecule has 0 aliphatic rings. The van der Waals surface area contributed by atoms with Gasteiger partial charge in [0.15, 0.2) is 23.3 Å². The van der Waals surface area contributed by atoms with Crippen molar-refractivity contribution in [2.75, 3.05) is 5.32 Å². The summed E-state index contributed by atoms with van der Waals surface area (Å²) >= 11 is 0. The van der Waals surface area contributed by atoms with E-state index in [0.717, 1.165) is 10.2 Å². The van der Waals surface area contributed by atoms with Gasteiger partial charge in [-0.1, -0.05) is 12.1 Å². The molecule has 204 valence electrons. The van der Waals surface area contributed by atoms with Crippen molar-refractivity contribution in [2.45, 2.75) is 40.8 Å². The molecular formula is C25H21F5N6O3. The molecule has 0 radical (unpaired) electrons. The molecule has 0 atom stereocenters. The van der Waals surface area contributed by atoms with Gasteiger partial charge in [0.2, 0.25) is 5.82 Å². The summed E-state index contributed by atoms with van der Waals surface area (Å²) in [5.41, 5.74) is 1.26. The van der Waals surface area contributed by atoms with Crippen LogP contribution in [0.2, 0.25) is 0 Å². The van der Waals surface area contributed by atoms with Crippen LogP contribution in [0.4, 0.5) is 33.3 Å². The van der Waals surface area contributed by atoms with Crippen molar-refractivity contribution >= 4 is 17.3 Å². The van der Waals surface area contributed by atoms with Gasteiger partial charge in [0.1, 0.15) is 11.4 Å². The van der Waals surface area contributed by atoms with Crippen molar-refractivity contribution in [3.8, 4) is 0 Å². The molecule has 9 nitrogen and oxygen atoms in total. The molecule has 1 amide bonds. The minimum Gasteiger partial charge on any atom is -0.319 e. The fraction of sp³-hybridized carbons (Fsp3) is 0.240. The van der Waals surface area contributed by atoms with Crippen molar-refractivity contribution in [2.24, 2.45) is 0 Å². The number of aromatic nitrogens is 4. The van der Waals surface area contributed by atoms with Crippen molar-refractivity contribution in [3.05, 3.63) is 103 Å². The normalized spacial score (nSPS) is 11.2. The SMILES string of the molecule is Cc1nn(Cc2c(F)c(F)c(F)c(F)c2F)c(C)c1NC(=O)c1ccc(Cn2nc(C)c([N+](=O)[O-])c2C)cc1. The first-order valence-electron chi connectivity index (χ1n) is 11.4. The second-order valence-electron chi connectivity index (χ2n) is 8.84. The molecule has 0 aliphatic heterocycles. The Morgan fingerprint density at radius 3 is 1.87 bits per heavy atom. The number of aryl methyl sites for hydroxylation is 2. The number of halogens is 5. The van der Waals surface area contributed by atoms with E-state index in [1.165, 1.54) is 30.7 Å². The Bertz CT molecular complexity index is 1600. The number of rotatable bonds is 7. The van der Waals surface area contributed by atoms with E-state index in [4.69, 9.17) is 0 Å². The number of amides is 1. The number of nitro groups is 1. The molecule has 2 heterocycles. The van der Waals surface area contributed by atoms with E-state index in [1.54, 1.807) is 26.0 Å². The first-order valence-corrected chi connectivity index (χ1v) is 11.4. The topological polar surface area (TPSA) is 108 Å². The van der Waals surface area contributed by atoms with Gasteiger partial charge in [0.25, 0.3) is 5.91 Å². The van der Waals surface area contributed by atoms with E-state index in [0.29, 0.717) is 11.4 Å². The largest absolute Gasteiger partial charge is 0.319 e. The lowest BCUT2D eigenvalue weighted by atomic mass is 10.1. The lowest BCUT2D eigenvalue weighted by molar-refractivity contribution is -0.386. The molecule has 0 unspecified atom stereocenters. The summed E-state index contributed by atoms with van der Waals surface area (Å²) in [7, 11) is 0. The van der Waals surface area contributed by atoms with Crippen LogP contribution in [-0.2, 0) is 13.1 Å². The number of carbonyl (C=O) groups is 1. The third-order valence-electron chi connectivity index (χ3n) is 6.30. The van der Waals surface area contributed by atoms with Gasteiger partial charge >= 0.3 is 5.69 Å². The number of nitrogens with zero attached hydrogens (tertiary/aromatic N) is 5. The average molecular weight is 548 g/mol. The van der Waals surface area contributed by atoms with Gasteiger partial charge in [-0.2, -0.15) is 10.2 Å². The molecule has 0 spiro atoms. The van der Waals surface area contributed by atoms with Crippen LogP contribution in [-0.4, -0.2) is 30.4 Å². The van der Waals surface area contributed by atoms with Crippen LogP contribution in [0.25, 0.3) is 0 Å². The van der Waals surface area contributed by atoms with Crippen LogP contribution in [0.3, 0.4) is 0 Å². The minimum atomic E-state index is -2.25. The molecule has 2 aromatic heterocycles. The highest BCUT2D eigenvalue weighted by molar-refractivity contribution is 6.04. The number of hydrogen-bond donors (Lipinski definition) is 1. The standard InChI is InChI=1S/C25H21F5N6O3/c1-11-23(13(3)35(32-11)10-17-18(26)20(28)22(30)21(29)19(17)27)31-25(37)16-7-5-15(6-8-16)9-34-14(4)24(36(38)39)12(2)33-34/h5-8H,9-10H2,1-4H3,(H,31,37). The molecule has 4 aromatic rings. The number of carbonyl (C=O) groups excluding carboxylic acids is 1. The molecule has 4 rings (SSSR count). The maximum absolute atomic E-state index is 14.1. The van der Waals surface area contributed by atoms with Crippen LogP contribution >= 0.6 is 0 Å². The Balaban J connectivity index is 1.52. The summed E-state index contributed by atoms with van der Waals surface area (Å²) in [5.74, 6) is -10.8. The Morgan fingerprint density at radius 1 is 0.821 bits per heavy atom. The summed E-state index contributed by atoms with van der Waals surface area (Å²) in [5, 5.41) is 22.1. The van der Waals surface area contributed by atoms with E-state index in [1.807, 2.05) is 0 Å². The molecule has 0 fully saturated rings. The molecule has 0 bridgehead atoms. The van der Waals surface area contributed by atoms with Gasteiger partial charge in [-0.3, -0.25) is 24.3 Å². The molecule has 39 heavy (non-hydrogen) atoms. The van der Waals surface area contributed by atoms with E-state index >= 15 is 0 Å². The van der Waals surface area contributed by atoms with Crippen LogP contribution in [0.15, 0.2) is 24.3 Å². The maximum atomic E-state index is 14.1. The lowest BCUT2D eigenvalue weighted by Gasteiger charge is -2.10. The lowest BCUT2D eigenvalue weighted by Crippen LogP contribution is -2.15. The van der Waals surface area contributed by atoms with Crippen LogP contribution in [0.5, 0.6) is 0 Å². The van der Waals surface area contributed by atoms with Crippen molar-refractivity contribution < 1.29 is 31.7 Å². The zero-order valence-electron chi connectivity index (χ0n) is 21.1. The highest BCUT2D eigenvalue weighted by Crippen LogP contribution is 2.27. The first-order chi connectivity index (χ1) is 18.3. The number of benzene rings is 2. The zero-order chi connectivity index (χ0) is 28.8. The highest BCUT2D eigenvalue weighted by atomic mass is 19.2. The average Bonchev–Trinajstić information content (AvgIpc) is 3.32. The van der Waals surface area contributed by atoms with E-state index < -0.39 is 52.0 Å². The van der Waals surface area contributed by atoms with E-state index in [-0.39, 0.29) is 34.9 Å². The van der Waals surface area contributed by atoms with Crippen LogP contribution < -0.4 is 5.32 Å². The third-order valence-corrected chi connectivity index (χ3v) is 6.30. The summed E-state index contributed by atoms with van der Waals surface area (Å²) in [6, 6.07) is 6.39. The Morgan fingerprint density at radius 2 is 1.33 bits per heavy atom. The summed E-state index contributed by atoms with van der Waals surface area (Å²) < 4.78 is 71.3. The van der Waals surface area contributed by atoms with Gasteiger partial charge in [-0.05, 0) is 45.4 Å². The molecular weight excluding hydrogens is 527 g/mol. The van der Waals surface area contributed by atoms with Gasteiger partial charge in [0, 0.05) is 5.56 Å². The maximum Gasteiger partial charge on any atom is 0.312 e. The predicted octanol–water partition coefficient (Wildman–Crippen LogP) is 5.27. The second kappa shape index (κ2) is 10.3. The summed E-state index contributed by atoms with van der Waals surface area (Å²) in [6.45, 7) is 5.60. The van der Waals surface area contributed by atoms with Gasteiger partial charge in [-0.25, -0.2) is 22.0 Å². The molecule has 1 N–H and O–H groups in total. The van der Waals surface area contributed by atoms with Gasteiger partial charge < -0.3 is 5.32 Å². The monoisotopic (exact) mass is 548 g/mol. The fourth-order valence-electron chi connectivity index (χ4n) is 4.20. The fourth-order valence-corrected chi connectivity index (χ4v) is 4.20. The van der Waals surface area contributed by atoms with E-state index in [9.17, 15) is 36.9 Å². The smallest absolute Gasteiger partial charge is 0.312 e. The van der Waals surface area contributed by atoms with E-state index in [2.05, 4.69) is 15.5 Å². The van der Waals surface area contributed by atoms with Gasteiger partial charge in [0.05, 0.1) is 40.7 Å². The molecule has 0 aliphatic carbocycles. The van der Waals surface area contributed by atoms with Crippen molar-refractivity contribution in [1.82, 2.24) is 19.6 Å². The van der Waals surface area contributed by atoms with Crippen molar-refractivity contribution in [3.63, 3.8) is 0 Å². The quantitative estimate of drug-likeness (QED) is 0.111. The predicted molar refractivity (Wildman–Crippen MR) is 129 cm³/mol. The first kappa shape index (κ1) is 27.4. The molecule has 14 heteroatoms. The molecule has 0 saturated heterocycles. The van der Waals surface area contributed by atoms with Gasteiger partial charge in [-0.15, -0.1) is 0 Å². The number of hydrogen-bond acceptors (Lipinski definition) is 5. The molecule has 0 saturated carbocycles. The molecule has 2 aromatic carbocycles. The van der Waals surface area contributed by atoms with Crippen molar-refractivity contribution in [1.29, 1.82) is 0 Å². The Kier molecular flexibility index (Phi) is 7.22.